The number of ether oxygens (including phenoxy) is 1. The molecular formula is C20H22FN3O4S. The summed E-state index contributed by atoms with van der Waals surface area (Å²) in [6, 6.07) is 9.85. The molecule has 0 aliphatic rings. The molecule has 7 nitrogen and oxygen atoms in total. The maximum absolute atomic E-state index is 13.0. The summed E-state index contributed by atoms with van der Waals surface area (Å²) < 4.78 is 46.2. The third kappa shape index (κ3) is 4.30. The molecule has 2 aromatic carbocycles. The largest absolute Gasteiger partial charge is 0.454 e. The Bertz CT molecular complexity index is 1140. The second-order valence-corrected chi connectivity index (χ2v) is 8.85. The second kappa shape index (κ2) is 8.30. The molecule has 0 aliphatic heterocycles. The number of hydrogen-bond acceptors (Lipinski definition) is 5. The molecule has 0 atom stereocenters. The van der Waals surface area contributed by atoms with E-state index in [2.05, 4.69) is 4.98 Å². The third-order valence-electron chi connectivity index (χ3n) is 4.44. The smallest absolute Gasteiger partial charge is 0.338 e. The molecule has 1 heterocycles. The first-order chi connectivity index (χ1) is 13.7. The van der Waals surface area contributed by atoms with Gasteiger partial charge in [0.1, 0.15) is 18.2 Å². The summed E-state index contributed by atoms with van der Waals surface area (Å²) in [7, 11) is -0.646. The van der Waals surface area contributed by atoms with E-state index in [0.717, 1.165) is 16.2 Å². The summed E-state index contributed by atoms with van der Waals surface area (Å²) in [6.07, 6.45) is 0.822. The van der Waals surface area contributed by atoms with Gasteiger partial charge in [0, 0.05) is 20.6 Å². The van der Waals surface area contributed by atoms with Crippen LogP contribution >= 0.6 is 0 Å². The molecule has 0 amide bonds. The molecule has 29 heavy (non-hydrogen) atoms. The van der Waals surface area contributed by atoms with Gasteiger partial charge in [0.05, 0.1) is 21.5 Å². The number of aryl methyl sites for hydroxylation is 1. The van der Waals surface area contributed by atoms with Crippen molar-refractivity contribution in [2.75, 3.05) is 14.1 Å². The highest BCUT2D eigenvalue weighted by atomic mass is 32.2. The van der Waals surface area contributed by atoms with E-state index in [-0.39, 0.29) is 17.1 Å². The van der Waals surface area contributed by atoms with E-state index >= 15 is 0 Å². The highest BCUT2D eigenvalue weighted by Gasteiger charge is 2.20. The fourth-order valence-electron chi connectivity index (χ4n) is 2.91. The van der Waals surface area contributed by atoms with Crippen LogP contribution < -0.4 is 0 Å². The highest BCUT2D eigenvalue weighted by molar-refractivity contribution is 7.89. The number of esters is 1. The van der Waals surface area contributed by atoms with E-state index in [4.69, 9.17) is 4.74 Å². The molecule has 0 bridgehead atoms. The number of hydrogen-bond donors (Lipinski definition) is 0. The van der Waals surface area contributed by atoms with Crippen molar-refractivity contribution in [1.82, 2.24) is 13.9 Å². The third-order valence-corrected chi connectivity index (χ3v) is 6.25. The Balaban J connectivity index is 1.91. The number of halogens is 1. The van der Waals surface area contributed by atoms with E-state index in [9.17, 15) is 17.6 Å². The summed E-state index contributed by atoms with van der Waals surface area (Å²) >= 11 is 0. The van der Waals surface area contributed by atoms with Crippen LogP contribution in [-0.4, -0.2) is 42.3 Å². The van der Waals surface area contributed by atoms with Gasteiger partial charge in [-0.1, -0.05) is 6.92 Å². The number of fused-ring (bicyclic) bond motifs is 1. The number of aromatic nitrogens is 2. The van der Waals surface area contributed by atoms with Gasteiger partial charge >= 0.3 is 5.97 Å². The van der Waals surface area contributed by atoms with Crippen molar-refractivity contribution >= 4 is 27.0 Å². The van der Waals surface area contributed by atoms with E-state index in [1.165, 1.54) is 44.4 Å². The average molecular weight is 419 g/mol. The fraction of sp³-hybridized carbons (Fsp3) is 0.300. The Labute approximate surface area is 168 Å². The topological polar surface area (TPSA) is 81.5 Å². The zero-order chi connectivity index (χ0) is 21.2. The molecule has 1 aromatic heterocycles. The van der Waals surface area contributed by atoms with Crippen LogP contribution in [0.4, 0.5) is 4.39 Å². The summed E-state index contributed by atoms with van der Waals surface area (Å²) in [5, 5.41) is 0. The van der Waals surface area contributed by atoms with Crippen LogP contribution in [-0.2, 0) is 27.9 Å². The van der Waals surface area contributed by atoms with Gasteiger partial charge < -0.3 is 9.30 Å². The standard InChI is InChI=1S/C20H22FN3O4S/c1-4-11-24-18-10-9-16(29(26,27)23(2)3)12-17(18)22-19(24)13-28-20(25)14-5-7-15(21)8-6-14/h5-10,12H,4,11,13H2,1-3H3. The van der Waals surface area contributed by atoms with E-state index < -0.39 is 21.8 Å². The van der Waals surface area contributed by atoms with Gasteiger partial charge in [-0.2, -0.15) is 0 Å². The average Bonchev–Trinajstić information content (AvgIpc) is 3.03. The second-order valence-electron chi connectivity index (χ2n) is 6.70. The Morgan fingerprint density at radius 3 is 2.48 bits per heavy atom. The lowest BCUT2D eigenvalue weighted by atomic mass is 10.2. The maximum atomic E-state index is 13.0. The van der Waals surface area contributed by atoms with Crippen LogP contribution in [0.2, 0.25) is 0 Å². The zero-order valence-electron chi connectivity index (χ0n) is 16.4. The van der Waals surface area contributed by atoms with Gasteiger partial charge in [-0.15, -0.1) is 0 Å². The zero-order valence-corrected chi connectivity index (χ0v) is 17.2. The molecule has 9 heteroatoms. The monoisotopic (exact) mass is 419 g/mol. The van der Waals surface area contributed by atoms with Gasteiger partial charge in [0.25, 0.3) is 0 Å². The van der Waals surface area contributed by atoms with Crippen molar-refractivity contribution in [2.45, 2.75) is 31.4 Å². The summed E-state index contributed by atoms with van der Waals surface area (Å²) in [4.78, 5) is 16.8. The van der Waals surface area contributed by atoms with Crippen molar-refractivity contribution in [3.05, 3.63) is 59.7 Å². The van der Waals surface area contributed by atoms with Gasteiger partial charge in [0.2, 0.25) is 10.0 Å². The SMILES string of the molecule is CCCn1c(COC(=O)c2ccc(F)cc2)nc2cc(S(=O)(=O)N(C)C)ccc21. The van der Waals surface area contributed by atoms with Crippen LogP contribution in [0.1, 0.15) is 29.5 Å². The van der Waals surface area contributed by atoms with Crippen molar-refractivity contribution in [2.24, 2.45) is 0 Å². The van der Waals surface area contributed by atoms with Crippen molar-refractivity contribution < 1.29 is 22.3 Å². The lowest BCUT2D eigenvalue weighted by Crippen LogP contribution is -2.22. The Morgan fingerprint density at radius 1 is 1.17 bits per heavy atom. The van der Waals surface area contributed by atoms with Crippen LogP contribution in [0.25, 0.3) is 11.0 Å². The van der Waals surface area contributed by atoms with Gasteiger partial charge in [-0.05, 0) is 48.9 Å². The minimum atomic E-state index is -3.58. The molecule has 0 radical (unpaired) electrons. The van der Waals surface area contributed by atoms with E-state index in [0.29, 0.717) is 17.9 Å². The van der Waals surface area contributed by atoms with E-state index in [1.807, 2.05) is 11.5 Å². The van der Waals surface area contributed by atoms with Gasteiger partial charge in [-0.3, -0.25) is 0 Å². The number of nitrogens with zero attached hydrogens (tertiary/aromatic N) is 3. The normalized spacial score (nSPS) is 11.9. The lowest BCUT2D eigenvalue weighted by Gasteiger charge is -2.11. The summed E-state index contributed by atoms with van der Waals surface area (Å²) in [6.45, 7) is 2.56. The first-order valence-corrected chi connectivity index (χ1v) is 10.5. The van der Waals surface area contributed by atoms with Gasteiger partial charge in [-0.25, -0.2) is 26.9 Å². The number of imidazole rings is 1. The number of carbonyl (C=O) groups excluding carboxylic acids is 1. The molecule has 0 N–H and O–H groups in total. The van der Waals surface area contributed by atoms with Crippen molar-refractivity contribution in [3.63, 3.8) is 0 Å². The minimum absolute atomic E-state index is 0.0827. The molecule has 3 rings (SSSR count). The Morgan fingerprint density at radius 2 is 1.86 bits per heavy atom. The Kier molecular flexibility index (Phi) is 5.99. The molecule has 0 fully saturated rings. The molecule has 0 saturated heterocycles. The first-order valence-electron chi connectivity index (χ1n) is 9.08. The van der Waals surface area contributed by atoms with Crippen molar-refractivity contribution in [1.29, 1.82) is 0 Å². The molecule has 154 valence electrons. The minimum Gasteiger partial charge on any atom is -0.454 e. The summed E-state index contributed by atoms with van der Waals surface area (Å²) in [5.74, 6) is -0.512. The molecular weight excluding hydrogens is 397 g/mol. The number of sulfonamides is 1. The predicted molar refractivity (Wildman–Crippen MR) is 106 cm³/mol. The predicted octanol–water partition coefficient (Wildman–Crippen LogP) is 3.19. The fourth-order valence-corrected chi connectivity index (χ4v) is 3.84. The molecule has 0 saturated carbocycles. The van der Waals surface area contributed by atoms with Crippen LogP contribution in [0, 0.1) is 5.82 Å². The quantitative estimate of drug-likeness (QED) is 0.550. The number of rotatable bonds is 7. The maximum Gasteiger partial charge on any atom is 0.338 e. The summed E-state index contributed by atoms with van der Waals surface area (Å²) in [5.41, 5.74) is 1.51. The molecule has 3 aromatic rings. The van der Waals surface area contributed by atoms with Crippen LogP contribution in [0.15, 0.2) is 47.4 Å². The van der Waals surface area contributed by atoms with Crippen LogP contribution in [0.3, 0.4) is 0 Å². The molecule has 0 aliphatic carbocycles. The highest BCUT2D eigenvalue weighted by Crippen LogP contribution is 2.23. The molecule has 0 unspecified atom stereocenters. The van der Waals surface area contributed by atoms with E-state index in [1.54, 1.807) is 12.1 Å². The number of carbonyl (C=O) groups is 1. The van der Waals surface area contributed by atoms with Gasteiger partial charge in [0.15, 0.2) is 0 Å². The lowest BCUT2D eigenvalue weighted by molar-refractivity contribution is 0.0458. The molecule has 0 spiro atoms. The van der Waals surface area contributed by atoms with Crippen LogP contribution in [0.5, 0.6) is 0 Å². The Hall–Kier alpha value is -2.78. The first kappa shape index (κ1) is 20.9. The van der Waals surface area contributed by atoms with Crippen molar-refractivity contribution in [3.8, 4) is 0 Å². The number of benzene rings is 2.